The summed E-state index contributed by atoms with van der Waals surface area (Å²) in [7, 11) is -3.30. The van der Waals surface area contributed by atoms with Gasteiger partial charge in [-0.2, -0.15) is 0 Å². The summed E-state index contributed by atoms with van der Waals surface area (Å²) in [4.78, 5) is 0.450. The van der Waals surface area contributed by atoms with Crippen molar-refractivity contribution in [2.45, 2.75) is 10.8 Å². The van der Waals surface area contributed by atoms with Crippen LogP contribution in [0, 0.1) is 5.92 Å². The largest absolute Gasteiger partial charge is 0.316 e. The average molecular weight is 238 g/mol. The first-order valence-electron chi connectivity index (χ1n) is 5.48. The van der Waals surface area contributed by atoms with E-state index >= 15 is 0 Å². The quantitative estimate of drug-likeness (QED) is 0.682. The normalized spacial score (nSPS) is 31.5. The topological polar surface area (TPSA) is 58.2 Å². The lowest BCUT2D eigenvalue weighted by Crippen LogP contribution is -2.28. The van der Waals surface area contributed by atoms with Crippen LogP contribution in [0.1, 0.15) is 11.5 Å². The number of rotatable bonds is 0. The summed E-state index contributed by atoms with van der Waals surface area (Å²) in [6.45, 7) is 2.30. The molecule has 5 heteroatoms. The Labute approximate surface area is 95.1 Å². The molecule has 2 aliphatic rings. The standard InChI is InChI=1S/C11H14N2O2S/c14-16(15)11-4-2-1-3-9(11)10-7-12-5-8(10)6-13-16/h1-4,8,10,12-13H,5-7H2. The third-order valence-corrected chi connectivity index (χ3v) is 4.98. The molecule has 1 fully saturated rings. The molecule has 0 spiro atoms. The molecule has 0 radical (unpaired) electrons. The molecule has 0 amide bonds. The molecule has 2 atom stereocenters. The number of sulfonamides is 1. The second-order valence-corrected chi connectivity index (χ2v) is 6.15. The smallest absolute Gasteiger partial charge is 0.240 e. The molecule has 2 N–H and O–H groups in total. The van der Waals surface area contributed by atoms with E-state index in [2.05, 4.69) is 10.0 Å². The van der Waals surface area contributed by atoms with E-state index in [1.807, 2.05) is 12.1 Å². The van der Waals surface area contributed by atoms with Gasteiger partial charge in [0.05, 0.1) is 4.90 Å². The first-order valence-corrected chi connectivity index (χ1v) is 6.96. The molecule has 2 unspecified atom stereocenters. The third kappa shape index (κ3) is 1.47. The first kappa shape index (κ1) is 10.3. The van der Waals surface area contributed by atoms with E-state index in [9.17, 15) is 8.42 Å². The van der Waals surface area contributed by atoms with Gasteiger partial charge in [0.15, 0.2) is 0 Å². The van der Waals surface area contributed by atoms with E-state index in [0.29, 0.717) is 23.3 Å². The van der Waals surface area contributed by atoms with Gasteiger partial charge >= 0.3 is 0 Å². The Morgan fingerprint density at radius 1 is 1.12 bits per heavy atom. The van der Waals surface area contributed by atoms with Gasteiger partial charge in [0.1, 0.15) is 0 Å². The second-order valence-electron chi connectivity index (χ2n) is 4.41. The van der Waals surface area contributed by atoms with Gasteiger partial charge in [-0.05, 0) is 24.1 Å². The number of hydrogen-bond acceptors (Lipinski definition) is 3. The Kier molecular flexibility index (Phi) is 2.27. The van der Waals surface area contributed by atoms with E-state index in [1.165, 1.54) is 0 Å². The minimum absolute atomic E-state index is 0.320. The number of fused-ring (bicyclic) bond motifs is 3. The maximum absolute atomic E-state index is 12.0. The molecule has 86 valence electrons. The summed E-state index contributed by atoms with van der Waals surface area (Å²) >= 11 is 0. The summed E-state index contributed by atoms with van der Waals surface area (Å²) in [5.41, 5.74) is 0.961. The highest BCUT2D eigenvalue weighted by atomic mass is 32.2. The van der Waals surface area contributed by atoms with Gasteiger partial charge in [-0.3, -0.25) is 0 Å². The van der Waals surface area contributed by atoms with Crippen LogP contribution in [0.15, 0.2) is 29.2 Å². The van der Waals surface area contributed by atoms with Crippen molar-refractivity contribution in [3.8, 4) is 0 Å². The minimum atomic E-state index is -3.30. The van der Waals surface area contributed by atoms with Gasteiger partial charge in [0.2, 0.25) is 10.0 Å². The van der Waals surface area contributed by atoms with Gasteiger partial charge in [-0.25, -0.2) is 13.1 Å². The van der Waals surface area contributed by atoms with Crippen molar-refractivity contribution in [2.24, 2.45) is 5.92 Å². The maximum atomic E-state index is 12.0. The van der Waals surface area contributed by atoms with E-state index < -0.39 is 10.0 Å². The molecule has 1 aromatic rings. The summed E-state index contributed by atoms with van der Waals surface area (Å²) in [5, 5.41) is 3.33. The molecule has 0 aromatic heterocycles. The number of nitrogens with one attached hydrogen (secondary N) is 2. The van der Waals surface area contributed by atoms with Crippen LogP contribution in [0.5, 0.6) is 0 Å². The molecule has 0 aliphatic carbocycles. The monoisotopic (exact) mass is 238 g/mol. The lowest BCUT2D eigenvalue weighted by molar-refractivity contribution is 0.511. The molecule has 2 heterocycles. The average Bonchev–Trinajstić information content (AvgIpc) is 2.71. The van der Waals surface area contributed by atoms with Gasteiger partial charge in [0, 0.05) is 19.0 Å². The van der Waals surface area contributed by atoms with E-state index in [1.54, 1.807) is 12.1 Å². The number of hydrogen-bond donors (Lipinski definition) is 2. The zero-order chi connectivity index (χ0) is 11.2. The van der Waals surface area contributed by atoms with E-state index in [-0.39, 0.29) is 0 Å². The van der Waals surface area contributed by atoms with Crippen LogP contribution in [0.25, 0.3) is 0 Å². The van der Waals surface area contributed by atoms with Crippen LogP contribution < -0.4 is 10.0 Å². The molecule has 4 nitrogen and oxygen atoms in total. The Hall–Kier alpha value is -0.910. The lowest BCUT2D eigenvalue weighted by Gasteiger charge is -2.15. The van der Waals surface area contributed by atoms with Crippen LogP contribution in [0.3, 0.4) is 0 Å². The highest BCUT2D eigenvalue weighted by Gasteiger charge is 2.36. The Morgan fingerprint density at radius 3 is 2.81 bits per heavy atom. The van der Waals surface area contributed by atoms with Crippen molar-refractivity contribution >= 4 is 10.0 Å². The molecule has 1 saturated heterocycles. The van der Waals surface area contributed by atoms with E-state index in [4.69, 9.17) is 0 Å². The molecule has 0 saturated carbocycles. The molecular formula is C11H14N2O2S. The van der Waals surface area contributed by atoms with Crippen LogP contribution in [0.2, 0.25) is 0 Å². The second kappa shape index (κ2) is 3.55. The van der Waals surface area contributed by atoms with Gasteiger partial charge < -0.3 is 5.32 Å². The summed E-state index contributed by atoms with van der Waals surface area (Å²) < 4.78 is 26.7. The predicted molar refractivity (Wildman–Crippen MR) is 60.7 cm³/mol. The lowest BCUT2D eigenvalue weighted by atomic mass is 9.89. The minimum Gasteiger partial charge on any atom is -0.316 e. The van der Waals surface area contributed by atoms with Crippen molar-refractivity contribution in [1.82, 2.24) is 10.0 Å². The maximum Gasteiger partial charge on any atom is 0.240 e. The third-order valence-electron chi connectivity index (χ3n) is 3.48. The Bertz CT molecular complexity index is 512. The molecule has 2 aliphatic heterocycles. The summed E-state index contributed by atoms with van der Waals surface area (Å²) in [5.74, 6) is 0.694. The fourth-order valence-corrected chi connectivity index (χ4v) is 4.01. The summed E-state index contributed by atoms with van der Waals surface area (Å²) in [6.07, 6.45) is 0. The van der Waals surface area contributed by atoms with Crippen molar-refractivity contribution in [3.63, 3.8) is 0 Å². The molecule has 1 aromatic carbocycles. The highest BCUT2D eigenvalue weighted by molar-refractivity contribution is 7.89. The van der Waals surface area contributed by atoms with Crippen molar-refractivity contribution < 1.29 is 8.42 Å². The molecule has 0 bridgehead atoms. The van der Waals surface area contributed by atoms with Crippen molar-refractivity contribution in [1.29, 1.82) is 0 Å². The highest BCUT2D eigenvalue weighted by Crippen LogP contribution is 2.34. The van der Waals surface area contributed by atoms with Gasteiger partial charge in [-0.15, -0.1) is 0 Å². The first-order chi connectivity index (χ1) is 7.68. The Morgan fingerprint density at radius 2 is 1.94 bits per heavy atom. The fourth-order valence-electron chi connectivity index (χ4n) is 2.64. The molecule has 16 heavy (non-hydrogen) atoms. The van der Waals surface area contributed by atoms with Gasteiger partial charge in [0.25, 0.3) is 0 Å². The predicted octanol–water partition coefficient (Wildman–Crippen LogP) is 0.282. The molecule has 3 rings (SSSR count). The zero-order valence-corrected chi connectivity index (χ0v) is 9.63. The molecular weight excluding hydrogens is 224 g/mol. The van der Waals surface area contributed by atoms with Crippen molar-refractivity contribution in [2.75, 3.05) is 19.6 Å². The fraction of sp³-hybridized carbons (Fsp3) is 0.455. The van der Waals surface area contributed by atoms with Gasteiger partial charge in [-0.1, -0.05) is 18.2 Å². The van der Waals surface area contributed by atoms with Crippen LogP contribution in [-0.2, 0) is 10.0 Å². The summed E-state index contributed by atoms with van der Waals surface area (Å²) in [6, 6.07) is 7.32. The Balaban J connectivity index is 2.20. The van der Waals surface area contributed by atoms with Crippen LogP contribution >= 0.6 is 0 Å². The SMILES string of the molecule is O=S1(=O)NCC2CNCC2c2ccccc21. The zero-order valence-electron chi connectivity index (χ0n) is 8.81. The van der Waals surface area contributed by atoms with Crippen molar-refractivity contribution in [3.05, 3.63) is 29.8 Å². The van der Waals surface area contributed by atoms with E-state index in [0.717, 1.165) is 18.7 Å². The van der Waals surface area contributed by atoms with Crippen LogP contribution in [0.4, 0.5) is 0 Å². The van der Waals surface area contributed by atoms with Crippen LogP contribution in [-0.4, -0.2) is 28.1 Å². The number of benzene rings is 1.